The Morgan fingerprint density at radius 1 is 1.25 bits per heavy atom. The maximum absolute atomic E-state index is 10.3. The maximum atomic E-state index is 10.3. The summed E-state index contributed by atoms with van der Waals surface area (Å²) < 4.78 is 0. The van der Waals surface area contributed by atoms with Gasteiger partial charge in [0.1, 0.15) is 12.2 Å². The number of nitrogens with zero attached hydrogens (tertiary/aromatic N) is 2. The minimum Gasteiger partial charge on any atom is -0.383 e. The lowest BCUT2D eigenvalue weighted by atomic mass is 9.82. The second-order valence-corrected chi connectivity index (χ2v) is 4.83. The van der Waals surface area contributed by atoms with E-state index < -0.39 is 27.6 Å². The van der Waals surface area contributed by atoms with Crippen LogP contribution in [0.4, 0.5) is 0 Å². The molecule has 0 bridgehead atoms. The first kappa shape index (κ1) is 14.6. The Morgan fingerprint density at radius 2 is 1.75 bits per heavy atom. The molecule has 0 aliphatic rings. The zero-order chi connectivity index (χ0) is 13.0. The van der Waals surface area contributed by atoms with Crippen molar-refractivity contribution in [1.82, 2.24) is 0 Å². The average Bonchev–Trinajstić information content (AvgIpc) is 1.95. The van der Waals surface area contributed by atoms with Gasteiger partial charge < -0.3 is 9.94 Å². The van der Waals surface area contributed by atoms with E-state index in [1.807, 2.05) is 0 Å². The van der Waals surface area contributed by atoms with Crippen molar-refractivity contribution in [1.29, 1.82) is 0 Å². The van der Waals surface area contributed by atoms with Crippen LogP contribution in [0.25, 0.3) is 0 Å². The lowest BCUT2D eigenvalue weighted by Crippen LogP contribution is -2.40. The van der Waals surface area contributed by atoms with Gasteiger partial charge in [0, 0.05) is 4.92 Å². The van der Waals surface area contributed by atoms with Gasteiger partial charge in [-0.3, -0.25) is 10.1 Å². The van der Waals surface area contributed by atoms with E-state index in [1.54, 1.807) is 13.8 Å². The summed E-state index contributed by atoms with van der Waals surface area (Å²) in [7, 11) is 0. The first-order chi connectivity index (χ1) is 7.04. The summed E-state index contributed by atoms with van der Waals surface area (Å²) in [6.07, 6.45) is 0.0365. The van der Waals surface area contributed by atoms with Crippen molar-refractivity contribution in [2.75, 3.05) is 13.2 Å². The van der Waals surface area contributed by atoms with E-state index in [0.29, 0.717) is 0 Å². The molecule has 0 heterocycles. The first-order valence-electron chi connectivity index (χ1n) is 4.66. The fourth-order valence-electron chi connectivity index (χ4n) is 1.64. The van der Waals surface area contributed by atoms with Gasteiger partial charge in [-0.05, 0) is 18.8 Å². The fourth-order valence-corrected chi connectivity index (χ4v) is 1.64. The highest BCUT2D eigenvalue weighted by Gasteiger charge is 2.35. The predicted molar refractivity (Wildman–Crippen MR) is 53.8 cm³/mol. The summed E-state index contributed by atoms with van der Waals surface area (Å²) in [6, 6.07) is 0. The first-order valence-corrected chi connectivity index (χ1v) is 4.66. The molecule has 0 saturated heterocycles. The highest BCUT2D eigenvalue weighted by molar-refractivity contribution is 4.81. The van der Waals surface area contributed by atoms with Crippen molar-refractivity contribution in [2.45, 2.75) is 32.8 Å². The molecule has 94 valence electrons. The Morgan fingerprint density at radius 3 is 2.12 bits per heavy atom. The smallest absolute Gasteiger partial charge is 0.294 e. The highest BCUT2D eigenvalue weighted by atomic mass is 16.9. The van der Waals surface area contributed by atoms with Gasteiger partial charge in [0.15, 0.2) is 0 Å². The second-order valence-electron chi connectivity index (χ2n) is 4.83. The van der Waals surface area contributed by atoms with Gasteiger partial charge in [0.2, 0.25) is 6.54 Å². The molecule has 0 aromatic heterocycles. The Labute approximate surface area is 92.5 Å². The van der Waals surface area contributed by atoms with Gasteiger partial charge in [-0.25, -0.2) is 0 Å². The van der Waals surface area contributed by atoms with Crippen LogP contribution >= 0.6 is 0 Å². The maximum Gasteiger partial charge on any atom is 0.294 e. The predicted octanol–water partition coefficient (Wildman–Crippen LogP) is 0.639. The Bertz CT molecular complexity index is 276. The molecule has 8 nitrogen and oxygen atoms in total. The van der Waals surface area contributed by atoms with Crippen LogP contribution in [0.2, 0.25) is 0 Å². The molecule has 0 rings (SSSR count). The molecule has 0 aliphatic carbocycles. The molecule has 0 fully saturated rings. The number of hydrogen-bond donors (Lipinski definition) is 1. The minimum atomic E-state index is -1.51. The standard InChI is InChI=1S/C8H16N2O6/c1-7(2,6-16-10(14)15)4-8(3,11)5-9(12)13/h11H,4-6H2,1-3H3. The van der Waals surface area contributed by atoms with Crippen molar-refractivity contribution >= 4 is 0 Å². The molecule has 0 radical (unpaired) electrons. The largest absolute Gasteiger partial charge is 0.383 e. The van der Waals surface area contributed by atoms with Crippen LogP contribution in [0.15, 0.2) is 0 Å². The van der Waals surface area contributed by atoms with Crippen LogP contribution in [0, 0.1) is 25.6 Å². The monoisotopic (exact) mass is 236 g/mol. The third kappa shape index (κ3) is 6.93. The van der Waals surface area contributed by atoms with Crippen molar-refractivity contribution in [2.24, 2.45) is 5.41 Å². The number of nitro groups is 1. The van der Waals surface area contributed by atoms with Gasteiger partial charge in [-0.15, -0.1) is 10.1 Å². The van der Waals surface area contributed by atoms with E-state index in [1.165, 1.54) is 6.92 Å². The van der Waals surface area contributed by atoms with Gasteiger partial charge >= 0.3 is 0 Å². The highest BCUT2D eigenvalue weighted by Crippen LogP contribution is 2.28. The van der Waals surface area contributed by atoms with Crippen molar-refractivity contribution in [3.05, 3.63) is 20.2 Å². The molecular weight excluding hydrogens is 220 g/mol. The lowest BCUT2D eigenvalue weighted by Gasteiger charge is -2.30. The fraction of sp³-hybridized carbons (Fsp3) is 1.00. The second kappa shape index (κ2) is 5.06. The van der Waals surface area contributed by atoms with Crippen molar-refractivity contribution < 1.29 is 20.0 Å². The van der Waals surface area contributed by atoms with E-state index >= 15 is 0 Å². The molecule has 0 aromatic rings. The number of aliphatic hydroxyl groups is 1. The van der Waals surface area contributed by atoms with E-state index in [-0.39, 0.29) is 13.0 Å². The number of hydrogen-bond acceptors (Lipinski definition) is 6. The summed E-state index contributed by atoms with van der Waals surface area (Å²) in [5.74, 6) is 0. The molecule has 1 atom stereocenters. The van der Waals surface area contributed by atoms with Gasteiger partial charge in [-0.2, -0.15) is 0 Å². The topological polar surface area (TPSA) is 116 Å². The third-order valence-electron chi connectivity index (χ3n) is 1.89. The Balaban J connectivity index is 4.32. The van der Waals surface area contributed by atoms with E-state index in [2.05, 4.69) is 4.84 Å². The Hall–Kier alpha value is -1.44. The zero-order valence-electron chi connectivity index (χ0n) is 9.50. The molecule has 1 N–H and O–H groups in total. The summed E-state index contributed by atoms with van der Waals surface area (Å²) >= 11 is 0. The molecule has 8 heteroatoms. The van der Waals surface area contributed by atoms with Crippen LogP contribution in [-0.4, -0.2) is 33.9 Å². The zero-order valence-corrected chi connectivity index (χ0v) is 9.50. The van der Waals surface area contributed by atoms with E-state index in [0.717, 1.165) is 0 Å². The van der Waals surface area contributed by atoms with Gasteiger partial charge in [-0.1, -0.05) is 13.8 Å². The third-order valence-corrected chi connectivity index (χ3v) is 1.89. The molecule has 0 amide bonds. The summed E-state index contributed by atoms with van der Waals surface area (Å²) in [5, 5.41) is 29.1. The summed E-state index contributed by atoms with van der Waals surface area (Å²) in [6.45, 7) is 3.77. The van der Waals surface area contributed by atoms with Crippen LogP contribution in [0.5, 0.6) is 0 Å². The molecule has 16 heavy (non-hydrogen) atoms. The Kier molecular flexibility index (Phi) is 4.61. The minimum absolute atomic E-state index is 0.0365. The molecule has 0 saturated carbocycles. The quantitative estimate of drug-likeness (QED) is 0.512. The molecule has 0 aromatic carbocycles. The average molecular weight is 236 g/mol. The van der Waals surface area contributed by atoms with Crippen LogP contribution in [0.3, 0.4) is 0 Å². The SMILES string of the molecule is CC(C)(CO[N+](=O)[O-])CC(C)(O)C[N+](=O)[O-]. The summed E-state index contributed by atoms with van der Waals surface area (Å²) in [5.41, 5.74) is -2.22. The number of rotatable bonds is 7. The molecule has 0 spiro atoms. The van der Waals surface area contributed by atoms with E-state index in [9.17, 15) is 25.3 Å². The summed E-state index contributed by atoms with van der Waals surface area (Å²) in [4.78, 5) is 23.9. The van der Waals surface area contributed by atoms with Crippen molar-refractivity contribution in [3.8, 4) is 0 Å². The normalized spacial score (nSPS) is 15.2. The van der Waals surface area contributed by atoms with E-state index in [4.69, 9.17) is 0 Å². The van der Waals surface area contributed by atoms with Gasteiger partial charge in [0.05, 0.1) is 0 Å². The lowest BCUT2D eigenvalue weighted by molar-refractivity contribution is -0.760. The molecular formula is C8H16N2O6. The van der Waals surface area contributed by atoms with Crippen LogP contribution < -0.4 is 0 Å². The van der Waals surface area contributed by atoms with Crippen LogP contribution in [-0.2, 0) is 4.84 Å². The van der Waals surface area contributed by atoms with Crippen molar-refractivity contribution in [3.63, 3.8) is 0 Å². The van der Waals surface area contributed by atoms with Crippen LogP contribution in [0.1, 0.15) is 27.2 Å². The molecule has 1 unspecified atom stereocenters. The molecule has 0 aliphatic heterocycles. The van der Waals surface area contributed by atoms with Gasteiger partial charge in [0.25, 0.3) is 5.09 Å².